The van der Waals surface area contributed by atoms with Gasteiger partial charge in [-0.1, -0.05) is 48.6 Å². The lowest BCUT2D eigenvalue weighted by Gasteiger charge is -2.22. The van der Waals surface area contributed by atoms with Crippen LogP contribution in [0.25, 0.3) is 11.3 Å². The monoisotopic (exact) mass is 287 g/mol. The molecule has 4 heteroatoms. The van der Waals surface area contributed by atoms with Crippen LogP contribution in [0.5, 0.6) is 0 Å². The summed E-state index contributed by atoms with van der Waals surface area (Å²) in [6, 6.07) is 11.0. The molecule has 0 spiro atoms. The molecular formula is C16H21N3S. The van der Waals surface area contributed by atoms with E-state index in [-0.39, 0.29) is 0 Å². The minimum absolute atomic E-state index is 0.562. The van der Waals surface area contributed by atoms with E-state index in [1.54, 1.807) is 11.3 Å². The lowest BCUT2D eigenvalue weighted by atomic mass is 10.1. The Hall–Kier alpha value is -1.39. The molecular weight excluding hydrogens is 266 g/mol. The maximum Gasteiger partial charge on any atom is 0.186 e. The normalized spacial score (nSPS) is 18.7. The Kier molecular flexibility index (Phi) is 4.03. The number of hydrogen-bond acceptors (Lipinski definition) is 4. The second-order valence-electron chi connectivity index (χ2n) is 5.24. The van der Waals surface area contributed by atoms with Gasteiger partial charge in [0.1, 0.15) is 0 Å². The number of anilines is 1. The average molecular weight is 287 g/mol. The molecule has 0 saturated carbocycles. The van der Waals surface area contributed by atoms with Gasteiger partial charge in [0.2, 0.25) is 0 Å². The topological polar surface area (TPSA) is 42.2 Å². The van der Waals surface area contributed by atoms with E-state index in [2.05, 4.69) is 36.1 Å². The third-order valence-electron chi connectivity index (χ3n) is 4.01. The Balaban J connectivity index is 1.97. The summed E-state index contributed by atoms with van der Waals surface area (Å²) in [6.45, 7) is 3.95. The quantitative estimate of drug-likeness (QED) is 0.933. The fourth-order valence-corrected chi connectivity index (χ4v) is 3.99. The van der Waals surface area contributed by atoms with Crippen molar-refractivity contribution < 1.29 is 0 Å². The van der Waals surface area contributed by atoms with E-state index < -0.39 is 0 Å². The highest BCUT2D eigenvalue weighted by Crippen LogP contribution is 2.36. The van der Waals surface area contributed by atoms with E-state index >= 15 is 0 Å². The van der Waals surface area contributed by atoms with Crippen LogP contribution in [-0.2, 0) is 6.54 Å². The van der Waals surface area contributed by atoms with Crippen molar-refractivity contribution in [3.05, 3.63) is 35.2 Å². The minimum atomic E-state index is 0.562. The Morgan fingerprint density at radius 3 is 2.85 bits per heavy atom. The first-order valence-corrected chi connectivity index (χ1v) is 8.17. The van der Waals surface area contributed by atoms with Crippen molar-refractivity contribution in [2.75, 3.05) is 11.4 Å². The molecule has 2 N–H and O–H groups in total. The van der Waals surface area contributed by atoms with Crippen LogP contribution in [0.4, 0.5) is 5.13 Å². The summed E-state index contributed by atoms with van der Waals surface area (Å²) < 4.78 is 0. The van der Waals surface area contributed by atoms with E-state index in [0.717, 1.165) is 17.4 Å². The molecule has 1 fully saturated rings. The molecule has 20 heavy (non-hydrogen) atoms. The van der Waals surface area contributed by atoms with Crippen LogP contribution in [0.3, 0.4) is 0 Å². The molecule has 0 bridgehead atoms. The standard InChI is InChI=1S/C16H21N3S/c1-2-13-9-6-10-19(13)16-18-15(14(11-17)20-16)12-7-4-3-5-8-12/h3-5,7-8,13H,2,6,9-11,17H2,1H3. The van der Waals surface area contributed by atoms with Gasteiger partial charge in [-0.05, 0) is 19.3 Å². The van der Waals surface area contributed by atoms with Crippen LogP contribution < -0.4 is 10.6 Å². The van der Waals surface area contributed by atoms with E-state index in [0.29, 0.717) is 12.6 Å². The van der Waals surface area contributed by atoms with Crippen LogP contribution in [0, 0.1) is 0 Å². The molecule has 1 aliphatic heterocycles. The number of nitrogens with two attached hydrogens (primary N) is 1. The summed E-state index contributed by atoms with van der Waals surface area (Å²) in [6.07, 6.45) is 3.75. The van der Waals surface area contributed by atoms with Crippen molar-refractivity contribution >= 4 is 16.5 Å². The van der Waals surface area contributed by atoms with Crippen LogP contribution in [0.1, 0.15) is 31.1 Å². The van der Waals surface area contributed by atoms with Gasteiger partial charge >= 0.3 is 0 Å². The van der Waals surface area contributed by atoms with Gasteiger partial charge in [-0.3, -0.25) is 0 Å². The molecule has 2 heterocycles. The lowest BCUT2D eigenvalue weighted by Crippen LogP contribution is -2.28. The molecule has 1 aromatic carbocycles. The lowest BCUT2D eigenvalue weighted by molar-refractivity contribution is 0.644. The number of nitrogens with zero attached hydrogens (tertiary/aromatic N) is 2. The molecule has 0 aliphatic carbocycles. The van der Waals surface area contributed by atoms with Gasteiger partial charge in [-0.2, -0.15) is 0 Å². The zero-order valence-corrected chi connectivity index (χ0v) is 12.7. The van der Waals surface area contributed by atoms with Crippen LogP contribution in [0.2, 0.25) is 0 Å². The minimum Gasteiger partial charge on any atom is -0.345 e. The molecule has 106 valence electrons. The van der Waals surface area contributed by atoms with Crippen LogP contribution in [0.15, 0.2) is 30.3 Å². The number of rotatable bonds is 4. The van der Waals surface area contributed by atoms with Gasteiger partial charge in [0.25, 0.3) is 0 Å². The highest BCUT2D eigenvalue weighted by molar-refractivity contribution is 7.16. The van der Waals surface area contributed by atoms with Gasteiger partial charge in [0, 0.05) is 29.6 Å². The van der Waals surface area contributed by atoms with E-state index in [4.69, 9.17) is 10.7 Å². The highest BCUT2D eigenvalue weighted by Gasteiger charge is 2.26. The second kappa shape index (κ2) is 5.94. The smallest absolute Gasteiger partial charge is 0.186 e. The summed E-state index contributed by atoms with van der Waals surface area (Å²) in [7, 11) is 0. The van der Waals surface area contributed by atoms with Gasteiger partial charge in [-0.25, -0.2) is 4.98 Å². The predicted molar refractivity (Wildman–Crippen MR) is 86.1 cm³/mol. The Labute approximate surface area is 124 Å². The first-order valence-electron chi connectivity index (χ1n) is 7.35. The third-order valence-corrected chi connectivity index (χ3v) is 5.13. The van der Waals surface area contributed by atoms with Gasteiger partial charge in [0.15, 0.2) is 5.13 Å². The van der Waals surface area contributed by atoms with Gasteiger partial charge in [0.05, 0.1) is 5.69 Å². The Morgan fingerprint density at radius 2 is 2.15 bits per heavy atom. The molecule has 3 nitrogen and oxygen atoms in total. The molecule has 0 amide bonds. The fraction of sp³-hybridized carbons (Fsp3) is 0.438. The second-order valence-corrected chi connectivity index (χ2v) is 6.30. The number of hydrogen-bond donors (Lipinski definition) is 1. The van der Waals surface area contributed by atoms with Crippen molar-refractivity contribution in [2.45, 2.75) is 38.8 Å². The summed E-state index contributed by atoms with van der Waals surface area (Å²) in [5, 5.41) is 1.15. The summed E-state index contributed by atoms with van der Waals surface area (Å²) in [5.74, 6) is 0. The van der Waals surface area contributed by atoms with Crippen molar-refractivity contribution in [1.29, 1.82) is 0 Å². The Morgan fingerprint density at radius 1 is 1.35 bits per heavy atom. The molecule has 1 aromatic heterocycles. The number of aromatic nitrogens is 1. The van der Waals surface area contributed by atoms with Crippen LogP contribution >= 0.6 is 11.3 Å². The maximum atomic E-state index is 5.92. The maximum absolute atomic E-state index is 5.92. The zero-order valence-electron chi connectivity index (χ0n) is 11.9. The van der Waals surface area contributed by atoms with E-state index in [1.807, 2.05) is 6.07 Å². The molecule has 1 aliphatic rings. The molecule has 3 rings (SSSR count). The van der Waals surface area contributed by atoms with Crippen molar-refractivity contribution in [1.82, 2.24) is 4.98 Å². The third kappa shape index (κ3) is 2.45. The van der Waals surface area contributed by atoms with Crippen molar-refractivity contribution in [3.8, 4) is 11.3 Å². The molecule has 1 unspecified atom stereocenters. The molecule has 0 radical (unpaired) electrons. The Bertz CT molecular complexity index is 564. The molecule has 1 saturated heterocycles. The predicted octanol–water partition coefficient (Wildman–Crippen LogP) is 3.65. The van der Waals surface area contributed by atoms with Gasteiger partial charge in [-0.15, -0.1) is 0 Å². The fourth-order valence-electron chi connectivity index (χ4n) is 2.93. The largest absolute Gasteiger partial charge is 0.345 e. The van der Waals surface area contributed by atoms with Crippen LogP contribution in [-0.4, -0.2) is 17.6 Å². The summed E-state index contributed by atoms with van der Waals surface area (Å²) in [5.41, 5.74) is 8.15. The first kappa shape index (κ1) is 13.6. The van der Waals surface area contributed by atoms with E-state index in [9.17, 15) is 0 Å². The van der Waals surface area contributed by atoms with Crippen molar-refractivity contribution in [3.63, 3.8) is 0 Å². The number of thiazole rings is 1. The first-order chi connectivity index (χ1) is 9.83. The van der Waals surface area contributed by atoms with Crippen molar-refractivity contribution in [2.24, 2.45) is 5.73 Å². The SMILES string of the molecule is CCC1CCCN1c1nc(-c2ccccc2)c(CN)s1. The molecule has 2 aromatic rings. The van der Waals surface area contributed by atoms with Gasteiger partial charge < -0.3 is 10.6 Å². The average Bonchev–Trinajstić information content (AvgIpc) is 3.13. The van der Waals surface area contributed by atoms with E-state index in [1.165, 1.54) is 29.7 Å². The summed E-state index contributed by atoms with van der Waals surface area (Å²) in [4.78, 5) is 8.55. The molecule has 1 atom stereocenters. The summed E-state index contributed by atoms with van der Waals surface area (Å²) >= 11 is 1.76. The number of benzene rings is 1. The highest BCUT2D eigenvalue weighted by atomic mass is 32.1. The zero-order chi connectivity index (χ0) is 13.9.